The van der Waals surface area contributed by atoms with Crippen molar-refractivity contribution in [3.8, 4) is 0 Å². The molecule has 0 aromatic carbocycles. The van der Waals surface area contributed by atoms with Crippen LogP contribution in [0, 0.1) is 0 Å². The van der Waals surface area contributed by atoms with Crippen LogP contribution in [0.4, 0.5) is 4.79 Å². The lowest BCUT2D eigenvalue weighted by Gasteiger charge is -2.30. The monoisotopic (exact) mass is 320 g/mol. The molecule has 6 heteroatoms. The average molecular weight is 320 g/mol. The van der Waals surface area contributed by atoms with Gasteiger partial charge in [-0.3, -0.25) is 0 Å². The van der Waals surface area contributed by atoms with Crippen LogP contribution < -0.4 is 5.32 Å². The lowest BCUT2D eigenvalue weighted by atomic mass is 10.1. The summed E-state index contributed by atoms with van der Waals surface area (Å²) in [4.78, 5) is 22.3. The van der Waals surface area contributed by atoms with Crippen molar-refractivity contribution in [2.45, 2.75) is 71.2 Å². The van der Waals surface area contributed by atoms with Gasteiger partial charge in [-0.15, -0.1) is 0 Å². The Morgan fingerprint density at radius 2 is 2.30 bits per heavy atom. The van der Waals surface area contributed by atoms with Crippen LogP contribution in [0.5, 0.6) is 0 Å². The second kappa shape index (κ2) is 7.73. The predicted molar refractivity (Wildman–Crippen MR) is 88.9 cm³/mol. The Bertz CT molecular complexity index is 501. The van der Waals surface area contributed by atoms with Crippen molar-refractivity contribution in [3.63, 3.8) is 0 Å². The molecule has 1 aromatic heterocycles. The minimum atomic E-state index is -0.443. The van der Waals surface area contributed by atoms with E-state index in [0.717, 1.165) is 31.5 Å². The summed E-state index contributed by atoms with van der Waals surface area (Å²) >= 11 is 0. The number of amides is 1. The Labute approximate surface area is 138 Å². The van der Waals surface area contributed by atoms with Crippen molar-refractivity contribution in [3.05, 3.63) is 24.3 Å². The molecule has 0 radical (unpaired) electrons. The lowest BCUT2D eigenvalue weighted by Crippen LogP contribution is -2.42. The minimum Gasteiger partial charge on any atom is -0.444 e. The van der Waals surface area contributed by atoms with E-state index in [1.165, 1.54) is 0 Å². The summed E-state index contributed by atoms with van der Waals surface area (Å²) in [5.74, 6) is 0. The van der Waals surface area contributed by atoms with Crippen LogP contribution in [0.3, 0.4) is 0 Å². The number of likely N-dealkylation sites (tertiary alicyclic amines) is 1. The summed E-state index contributed by atoms with van der Waals surface area (Å²) in [5.41, 5.74) is 0.531. The molecule has 2 rings (SSSR count). The van der Waals surface area contributed by atoms with Crippen molar-refractivity contribution in [2.24, 2.45) is 0 Å². The van der Waals surface area contributed by atoms with Crippen molar-refractivity contribution in [1.29, 1.82) is 0 Å². The van der Waals surface area contributed by atoms with Gasteiger partial charge in [0.05, 0.1) is 5.69 Å². The Hall–Kier alpha value is -1.69. The zero-order valence-electron chi connectivity index (χ0n) is 14.6. The summed E-state index contributed by atoms with van der Waals surface area (Å²) in [6.45, 7) is 9.36. The van der Waals surface area contributed by atoms with Gasteiger partial charge in [-0.05, 0) is 53.0 Å². The van der Waals surface area contributed by atoms with Gasteiger partial charge in [0, 0.05) is 31.4 Å². The highest BCUT2D eigenvalue weighted by Gasteiger charge is 2.32. The van der Waals surface area contributed by atoms with Gasteiger partial charge in [0.2, 0.25) is 0 Å². The van der Waals surface area contributed by atoms with Gasteiger partial charge in [-0.1, -0.05) is 0 Å². The van der Waals surface area contributed by atoms with E-state index in [1.807, 2.05) is 31.7 Å². The quantitative estimate of drug-likeness (QED) is 0.903. The molecule has 0 spiro atoms. The molecule has 23 heavy (non-hydrogen) atoms. The Kier molecular flexibility index (Phi) is 5.93. The zero-order valence-corrected chi connectivity index (χ0v) is 14.6. The number of ether oxygens (including phenoxy) is 1. The van der Waals surface area contributed by atoms with E-state index in [4.69, 9.17) is 4.74 Å². The normalized spacial score (nSPS) is 19.7. The summed E-state index contributed by atoms with van der Waals surface area (Å²) < 4.78 is 5.51. The molecule has 1 N–H and O–H groups in total. The summed E-state index contributed by atoms with van der Waals surface area (Å²) in [6, 6.07) is 2.46. The molecule has 2 unspecified atom stereocenters. The van der Waals surface area contributed by atoms with Gasteiger partial charge < -0.3 is 15.0 Å². The number of carbonyl (C=O) groups excluding carboxylic acids is 1. The molecule has 6 nitrogen and oxygen atoms in total. The molecular formula is C17H28N4O2. The second-order valence-electron chi connectivity index (χ2n) is 7.19. The molecule has 1 fully saturated rings. The molecule has 2 heterocycles. The van der Waals surface area contributed by atoms with Gasteiger partial charge in [-0.25, -0.2) is 14.8 Å². The number of nitrogens with one attached hydrogen (secondary N) is 1. The third-order valence-electron chi connectivity index (χ3n) is 3.91. The first kappa shape index (κ1) is 17.7. The molecule has 128 valence electrons. The van der Waals surface area contributed by atoms with Crippen LogP contribution in [0.25, 0.3) is 0 Å². The Balaban J connectivity index is 1.82. The summed E-state index contributed by atoms with van der Waals surface area (Å²) in [5, 5.41) is 3.46. The number of nitrogens with zero attached hydrogens (tertiary/aromatic N) is 3. The largest absolute Gasteiger partial charge is 0.444 e. The molecule has 0 saturated carbocycles. The molecule has 1 saturated heterocycles. The van der Waals surface area contributed by atoms with Gasteiger partial charge in [0.25, 0.3) is 0 Å². The molecule has 1 aromatic rings. The van der Waals surface area contributed by atoms with E-state index in [0.29, 0.717) is 12.6 Å². The van der Waals surface area contributed by atoms with E-state index < -0.39 is 5.60 Å². The standard InChI is InChI=1S/C17H28N4O2/c1-13(19-11-14-7-8-18-12-20-14)10-15-6-5-9-21(15)16(22)23-17(2,3)4/h7-8,12-13,15,19H,5-6,9-11H2,1-4H3. The van der Waals surface area contributed by atoms with E-state index in [2.05, 4.69) is 22.2 Å². The molecule has 0 bridgehead atoms. The zero-order chi connectivity index (χ0) is 16.9. The first-order chi connectivity index (χ1) is 10.8. The maximum Gasteiger partial charge on any atom is 0.410 e. The fourth-order valence-electron chi connectivity index (χ4n) is 2.83. The molecule has 1 aliphatic heterocycles. The van der Waals surface area contributed by atoms with Crippen LogP contribution >= 0.6 is 0 Å². The lowest BCUT2D eigenvalue weighted by molar-refractivity contribution is 0.0214. The highest BCUT2D eigenvalue weighted by Crippen LogP contribution is 2.24. The number of aromatic nitrogens is 2. The van der Waals surface area contributed by atoms with Crippen LogP contribution in [-0.2, 0) is 11.3 Å². The van der Waals surface area contributed by atoms with Crippen LogP contribution in [0.15, 0.2) is 18.6 Å². The molecule has 0 aliphatic carbocycles. The number of rotatable bonds is 5. The molecule has 2 atom stereocenters. The highest BCUT2D eigenvalue weighted by molar-refractivity contribution is 5.68. The Morgan fingerprint density at radius 1 is 1.52 bits per heavy atom. The fraction of sp³-hybridized carbons (Fsp3) is 0.706. The van der Waals surface area contributed by atoms with Gasteiger partial charge in [0.15, 0.2) is 0 Å². The van der Waals surface area contributed by atoms with Crippen LogP contribution in [-0.4, -0.2) is 45.2 Å². The first-order valence-corrected chi connectivity index (χ1v) is 8.33. The van der Waals surface area contributed by atoms with Crippen LogP contribution in [0.1, 0.15) is 52.7 Å². The van der Waals surface area contributed by atoms with Crippen molar-refractivity contribution in [1.82, 2.24) is 20.2 Å². The molecule has 1 amide bonds. The second-order valence-corrected chi connectivity index (χ2v) is 7.19. The third kappa shape index (κ3) is 5.78. The number of carbonyl (C=O) groups is 1. The Morgan fingerprint density at radius 3 is 2.96 bits per heavy atom. The van der Waals surface area contributed by atoms with Crippen molar-refractivity contribution < 1.29 is 9.53 Å². The van der Waals surface area contributed by atoms with Gasteiger partial charge in [0.1, 0.15) is 11.9 Å². The smallest absolute Gasteiger partial charge is 0.410 e. The molecule has 1 aliphatic rings. The van der Waals surface area contributed by atoms with E-state index >= 15 is 0 Å². The highest BCUT2D eigenvalue weighted by atomic mass is 16.6. The van der Waals surface area contributed by atoms with Crippen molar-refractivity contribution in [2.75, 3.05) is 6.54 Å². The van der Waals surface area contributed by atoms with E-state index in [-0.39, 0.29) is 12.1 Å². The van der Waals surface area contributed by atoms with Gasteiger partial charge >= 0.3 is 6.09 Å². The first-order valence-electron chi connectivity index (χ1n) is 8.33. The SMILES string of the molecule is CC(CC1CCCN1C(=O)OC(C)(C)C)NCc1ccncn1. The number of hydrogen-bond acceptors (Lipinski definition) is 5. The topological polar surface area (TPSA) is 67.3 Å². The summed E-state index contributed by atoms with van der Waals surface area (Å²) in [6.07, 6.45) is 6.12. The van der Waals surface area contributed by atoms with E-state index in [1.54, 1.807) is 12.5 Å². The third-order valence-corrected chi connectivity index (χ3v) is 3.91. The minimum absolute atomic E-state index is 0.192. The van der Waals surface area contributed by atoms with E-state index in [9.17, 15) is 4.79 Å². The maximum atomic E-state index is 12.3. The maximum absolute atomic E-state index is 12.3. The summed E-state index contributed by atoms with van der Waals surface area (Å²) in [7, 11) is 0. The number of hydrogen-bond donors (Lipinski definition) is 1. The van der Waals surface area contributed by atoms with Crippen molar-refractivity contribution >= 4 is 6.09 Å². The fourth-order valence-corrected chi connectivity index (χ4v) is 2.83. The van der Waals surface area contributed by atoms with Crippen LogP contribution in [0.2, 0.25) is 0 Å². The predicted octanol–water partition coefficient (Wildman–Crippen LogP) is 2.74. The average Bonchev–Trinajstić information content (AvgIpc) is 2.93. The van der Waals surface area contributed by atoms with Gasteiger partial charge in [-0.2, -0.15) is 0 Å². The molecular weight excluding hydrogens is 292 g/mol.